The number of aliphatic hydroxyl groups excluding tert-OH is 1. The van der Waals surface area contributed by atoms with Gasteiger partial charge in [-0.2, -0.15) is 4.98 Å². The van der Waals surface area contributed by atoms with E-state index in [1.165, 1.54) is 23.0 Å². The number of esters is 1. The van der Waals surface area contributed by atoms with Crippen LogP contribution in [0.2, 0.25) is 0 Å². The summed E-state index contributed by atoms with van der Waals surface area (Å²) in [5, 5.41) is 19.6. The van der Waals surface area contributed by atoms with Crippen molar-refractivity contribution in [3.8, 4) is 5.75 Å². The number of aromatic nitrogens is 4. The second-order valence-corrected chi connectivity index (χ2v) is 7.31. The molecule has 7 N–H and O–H groups in total. The van der Waals surface area contributed by atoms with Crippen LogP contribution in [-0.4, -0.2) is 60.6 Å². The molecule has 1 fully saturated rings. The summed E-state index contributed by atoms with van der Waals surface area (Å²) in [5.41, 5.74) is 12.1. The predicted octanol–water partition coefficient (Wildman–Crippen LogP) is -0.831. The number of hydrogen-bond acceptors (Lipinski definition) is 10. The summed E-state index contributed by atoms with van der Waals surface area (Å²) >= 11 is 0. The number of carbonyl (C=O) groups is 1. The van der Waals surface area contributed by atoms with Gasteiger partial charge in [0.1, 0.15) is 30.7 Å². The zero-order valence-corrected chi connectivity index (χ0v) is 16.3. The zero-order chi connectivity index (χ0) is 22.1. The molecule has 0 unspecified atom stereocenters. The summed E-state index contributed by atoms with van der Waals surface area (Å²) in [6.07, 6.45) is -0.566. The van der Waals surface area contributed by atoms with Crippen molar-refractivity contribution in [2.75, 3.05) is 12.3 Å². The number of nitrogens with one attached hydrogen (secondary N) is 1. The maximum atomic E-state index is 12.2. The molecule has 0 amide bonds. The van der Waals surface area contributed by atoms with Crippen LogP contribution in [0.3, 0.4) is 0 Å². The largest absolute Gasteiger partial charge is 0.508 e. The molecule has 4 rings (SSSR count). The summed E-state index contributed by atoms with van der Waals surface area (Å²) < 4.78 is 12.5. The third kappa shape index (κ3) is 4.35. The van der Waals surface area contributed by atoms with E-state index in [2.05, 4.69) is 15.0 Å². The second kappa shape index (κ2) is 8.34. The lowest BCUT2D eigenvalue weighted by atomic mass is 10.1. The van der Waals surface area contributed by atoms with Gasteiger partial charge >= 0.3 is 5.97 Å². The molecule has 0 spiro atoms. The number of hydrogen-bond donors (Lipinski definition) is 5. The molecule has 0 bridgehead atoms. The third-order valence-corrected chi connectivity index (χ3v) is 5.05. The lowest BCUT2D eigenvalue weighted by Crippen LogP contribution is -2.37. The first-order valence-corrected chi connectivity index (χ1v) is 9.58. The van der Waals surface area contributed by atoms with Crippen molar-refractivity contribution in [3.05, 3.63) is 46.5 Å². The summed E-state index contributed by atoms with van der Waals surface area (Å²) in [7, 11) is 0. The van der Waals surface area contributed by atoms with E-state index in [-0.39, 0.29) is 42.3 Å². The fraction of sp³-hybridized carbons (Fsp3) is 0.368. The molecule has 1 aromatic carbocycles. The molecule has 31 heavy (non-hydrogen) atoms. The summed E-state index contributed by atoms with van der Waals surface area (Å²) in [6.45, 7) is -0.192. The normalized spacial score (nSPS) is 21.9. The number of ether oxygens (including phenoxy) is 2. The Morgan fingerprint density at radius 3 is 2.87 bits per heavy atom. The number of phenolic OH excluding ortho intramolecular Hbond substituents is 1. The maximum absolute atomic E-state index is 12.2. The highest BCUT2D eigenvalue weighted by molar-refractivity contribution is 5.76. The number of aromatic hydroxyl groups is 1. The van der Waals surface area contributed by atoms with E-state index in [9.17, 15) is 19.8 Å². The quantitative estimate of drug-likeness (QED) is 0.308. The van der Waals surface area contributed by atoms with Crippen LogP contribution in [0, 0.1) is 0 Å². The van der Waals surface area contributed by atoms with Crippen molar-refractivity contribution >= 4 is 23.1 Å². The molecule has 2 aromatic heterocycles. The van der Waals surface area contributed by atoms with Crippen LogP contribution in [0.1, 0.15) is 18.2 Å². The van der Waals surface area contributed by atoms with Crippen LogP contribution in [0.15, 0.2) is 35.4 Å². The molecule has 0 radical (unpaired) electrons. The van der Waals surface area contributed by atoms with Crippen LogP contribution in [0.4, 0.5) is 5.95 Å². The summed E-state index contributed by atoms with van der Waals surface area (Å²) in [6, 6.07) is 5.44. The maximum Gasteiger partial charge on any atom is 0.323 e. The smallest absolute Gasteiger partial charge is 0.323 e. The van der Waals surface area contributed by atoms with E-state index in [0.29, 0.717) is 0 Å². The molecule has 3 heterocycles. The van der Waals surface area contributed by atoms with Gasteiger partial charge in [0.25, 0.3) is 5.56 Å². The molecule has 164 valence electrons. The zero-order valence-electron chi connectivity index (χ0n) is 16.3. The van der Waals surface area contributed by atoms with E-state index in [1.54, 1.807) is 12.1 Å². The fourth-order valence-corrected chi connectivity index (χ4v) is 3.43. The summed E-state index contributed by atoms with van der Waals surface area (Å²) in [4.78, 5) is 34.6. The molecule has 12 nitrogen and oxygen atoms in total. The Hall–Kier alpha value is -3.48. The number of H-pyrrole nitrogens is 1. The van der Waals surface area contributed by atoms with Crippen LogP contribution in [0.25, 0.3) is 11.2 Å². The third-order valence-electron chi connectivity index (χ3n) is 5.05. The second-order valence-electron chi connectivity index (χ2n) is 7.31. The van der Waals surface area contributed by atoms with Crippen molar-refractivity contribution in [1.82, 2.24) is 19.5 Å². The topological polar surface area (TPSA) is 192 Å². The van der Waals surface area contributed by atoms with Gasteiger partial charge in [-0.1, -0.05) is 12.1 Å². The first-order valence-electron chi connectivity index (χ1n) is 9.58. The van der Waals surface area contributed by atoms with Gasteiger partial charge in [-0.05, 0) is 24.1 Å². The van der Waals surface area contributed by atoms with Gasteiger partial charge in [0.05, 0.1) is 12.4 Å². The number of fused-ring (bicyclic) bond motifs is 1. The lowest BCUT2D eigenvalue weighted by molar-refractivity contribution is -0.151. The Morgan fingerprint density at radius 2 is 2.13 bits per heavy atom. The molecular weight excluding hydrogens is 408 g/mol. The van der Waals surface area contributed by atoms with Gasteiger partial charge in [0.2, 0.25) is 5.95 Å². The average molecular weight is 430 g/mol. The fourth-order valence-electron chi connectivity index (χ4n) is 3.43. The Morgan fingerprint density at radius 1 is 1.39 bits per heavy atom. The van der Waals surface area contributed by atoms with Crippen LogP contribution in [-0.2, 0) is 20.7 Å². The van der Waals surface area contributed by atoms with Crippen molar-refractivity contribution in [2.24, 2.45) is 5.73 Å². The minimum absolute atomic E-state index is 0.0640. The van der Waals surface area contributed by atoms with Crippen molar-refractivity contribution in [3.63, 3.8) is 0 Å². The van der Waals surface area contributed by atoms with E-state index in [1.807, 2.05) is 0 Å². The number of aromatic amines is 1. The molecule has 3 aromatic rings. The number of nitrogen functional groups attached to an aromatic ring is 1. The molecule has 12 heteroatoms. The first kappa shape index (κ1) is 20.8. The molecule has 0 saturated carbocycles. The Labute approximate surface area is 175 Å². The number of nitrogens with two attached hydrogens (primary N) is 2. The highest BCUT2D eigenvalue weighted by atomic mass is 16.6. The van der Waals surface area contributed by atoms with Crippen molar-refractivity contribution in [2.45, 2.75) is 37.3 Å². The molecular formula is C19H22N6O6. The highest BCUT2D eigenvalue weighted by Gasteiger charge is 2.37. The Kier molecular flexibility index (Phi) is 5.59. The van der Waals surface area contributed by atoms with Crippen molar-refractivity contribution in [1.29, 1.82) is 0 Å². The number of carbonyl (C=O) groups excluding carboxylic acids is 1. The monoisotopic (exact) mass is 430 g/mol. The molecule has 0 aliphatic carbocycles. The number of anilines is 1. The molecule has 1 aliphatic rings. The van der Waals surface area contributed by atoms with Crippen LogP contribution in [0.5, 0.6) is 5.75 Å². The van der Waals surface area contributed by atoms with Crippen LogP contribution < -0.4 is 17.0 Å². The summed E-state index contributed by atoms with van der Waals surface area (Å²) in [5.74, 6) is -0.581. The highest BCUT2D eigenvalue weighted by Crippen LogP contribution is 2.30. The SMILES string of the molecule is Nc1nc2c(ncn2[C@H]2C[C@H](O)[C@@H](COC(=O)[C@@H](N)Cc3ccc(O)cc3)O2)c(=O)[nH]1. The first-order chi connectivity index (χ1) is 14.8. The Bertz CT molecular complexity index is 1140. The number of imidazole rings is 1. The van der Waals surface area contributed by atoms with Gasteiger partial charge in [-0.15, -0.1) is 0 Å². The standard InChI is InChI=1S/C19H22N6O6/c20-11(5-9-1-3-10(26)4-2-9)18(29)30-7-13-12(27)6-14(31-13)25-8-22-15-16(25)23-19(21)24-17(15)28/h1-4,8,11-14,26-27H,5-7,20H2,(H3,21,23,24,28)/t11-,12-,13+,14+/m0/s1. The van der Waals surface area contributed by atoms with Crippen molar-refractivity contribution < 1.29 is 24.5 Å². The number of aliphatic hydroxyl groups is 1. The van der Waals surface area contributed by atoms with Gasteiger partial charge in [-0.3, -0.25) is 19.1 Å². The van der Waals surface area contributed by atoms with Gasteiger partial charge < -0.3 is 31.2 Å². The van der Waals surface area contributed by atoms with E-state index in [4.69, 9.17) is 20.9 Å². The molecule has 4 atom stereocenters. The van der Waals surface area contributed by atoms with E-state index >= 15 is 0 Å². The minimum Gasteiger partial charge on any atom is -0.508 e. The van der Waals surface area contributed by atoms with Gasteiger partial charge in [-0.25, -0.2) is 4.98 Å². The van der Waals surface area contributed by atoms with Gasteiger partial charge in [0, 0.05) is 6.42 Å². The number of benzene rings is 1. The molecule has 1 saturated heterocycles. The number of phenols is 1. The predicted molar refractivity (Wildman–Crippen MR) is 108 cm³/mol. The number of rotatable bonds is 6. The number of nitrogens with zero attached hydrogens (tertiary/aromatic N) is 3. The average Bonchev–Trinajstić information content (AvgIpc) is 3.31. The van der Waals surface area contributed by atoms with Gasteiger partial charge in [0.15, 0.2) is 11.2 Å². The minimum atomic E-state index is -0.914. The van der Waals surface area contributed by atoms with E-state index in [0.717, 1.165) is 5.56 Å². The van der Waals surface area contributed by atoms with E-state index < -0.39 is 36.0 Å². The molecule has 1 aliphatic heterocycles. The Balaban J connectivity index is 1.37. The lowest BCUT2D eigenvalue weighted by Gasteiger charge is -2.17. The van der Waals surface area contributed by atoms with Crippen LogP contribution >= 0.6 is 0 Å².